The third-order valence-electron chi connectivity index (χ3n) is 4.30. The summed E-state index contributed by atoms with van der Waals surface area (Å²) in [6, 6.07) is 4.60. The van der Waals surface area contributed by atoms with E-state index in [0.29, 0.717) is 11.9 Å². The van der Waals surface area contributed by atoms with Gasteiger partial charge in [-0.1, -0.05) is 48.4 Å². The van der Waals surface area contributed by atoms with Crippen LogP contribution in [0.4, 0.5) is 5.13 Å². The Morgan fingerprint density at radius 3 is 2.96 bits per heavy atom. The third kappa shape index (κ3) is 4.24. The van der Waals surface area contributed by atoms with Gasteiger partial charge in [-0.25, -0.2) is 4.98 Å². The smallest absolute Gasteiger partial charge is 0.236 e. The molecule has 0 bridgehead atoms. The van der Waals surface area contributed by atoms with Crippen molar-refractivity contribution in [2.24, 2.45) is 0 Å². The molecule has 8 heteroatoms. The highest BCUT2D eigenvalue weighted by atomic mass is 32.2. The topological polar surface area (TPSA) is 63.8 Å². The van der Waals surface area contributed by atoms with Gasteiger partial charge in [0, 0.05) is 11.8 Å². The van der Waals surface area contributed by atoms with E-state index in [4.69, 9.17) is 4.42 Å². The molecule has 25 heavy (non-hydrogen) atoms. The van der Waals surface area contributed by atoms with Gasteiger partial charge in [0.25, 0.3) is 0 Å². The molecule has 0 unspecified atom stereocenters. The summed E-state index contributed by atoms with van der Waals surface area (Å²) in [5, 5.41) is 15.1. The molecule has 1 aliphatic rings. The van der Waals surface area contributed by atoms with Crippen molar-refractivity contribution in [1.82, 2.24) is 15.2 Å². The number of oxazole rings is 1. The number of hydrogen-bond donors (Lipinski definition) is 1. The van der Waals surface area contributed by atoms with E-state index in [9.17, 15) is 0 Å². The maximum Gasteiger partial charge on any atom is 0.236 e. The first kappa shape index (κ1) is 17.1. The van der Waals surface area contributed by atoms with Gasteiger partial charge in [-0.15, -0.1) is 21.5 Å². The number of hydrogen-bond acceptors (Lipinski definition) is 8. The summed E-state index contributed by atoms with van der Waals surface area (Å²) >= 11 is 4.94. The lowest BCUT2D eigenvalue weighted by Gasteiger charge is -2.21. The van der Waals surface area contributed by atoms with Gasteiger partial charge < -0.3 is 9.73 Å². The fraction of sp³-hybridized carbons (Fsp3) is 0.471. The normalized spacial score (nSPS) is 15.6. The molecule has 0 aliphatic heterocycles. The Balaban J connectivity index is 1.35. The molecule has 1 fully saturated rings. The fourth-order valence-corrected chi connectivity index (χ4v) is 5.42. The number of aryl methyl sites for hydroxylation is 1. The van der Waals surface area contributed by atoms with Gasteiger partial charge >= 0.3 is 0 Å². The van der Waals surface area contributed by atoms with E-state index in [0.717, 1.165) is 31.6 Å². The highest BCUT2D eigenvalue weighted by Crippen LogP contribution is 2.32. The summed E-state index contributed by atoms with van der Waals surface area (Å²) in [7, 11) is 0. The summed E-state index contributed by atoms with van der Waals surface area (Å²) in [6.45, 7) is 1.97. The molecule has 0 spiro atoms. The zero-order chi connectivity index (χ0) is 17.1. The zero-order valence-corrected chi connectivity index (χ0v) is 16.5. The van der Waals surface area contributed by atoms with Gasteiger partial charge in [-0.05, 0) is 31.2 Å². The summed E-state index contributed by atoms with van der Waals surface area (Å²) in [6.07, 6.45) is 6.48. The number of nitrogens with one attached hydrogen (secondary N) is 1. The fourth-order valence-electron chi connectivity index (χ4n) is 2.95. The Hall–Kier alpha value is -1.38. The highest BCUT2D eigenvalue weighted by molar-refractivity contribution is 8.00. The van der Waals surface area contributed by atoms with Gasteiger partial charge in [-0.2, -0.15) is 0 Å². The van der Waals surface area contributed by atoms with Crippen LogP contribution in [0.15, 0.2) is 26.3 Å². The lowest BCUT2D eigenvalue weighted by molar-refractivity contribution is 0.462. The predicted octanol–water partition coefficient (Wildman–Crippen LogP) is 5.60. The molecule has 1 saturated carbocycles. The van der Waals surface area contributed by atoms with Crippen molar-refractivity contribution in [1.29, 1.82) is 0 Å². The van der Waals surface area contributed by atoms with Crippen molar-refractivity contribution < 1.29 is 4.42 Å². The van der Waals surface area contributed by atoms with Crippen LogP contribution < -0.4 is 5.32 Å². The number of thiophene rings is 1. The Labute approximate surface area is 159 Å². The predicted molar refractivity (Wildman–Crippen MR) is 105 cm³/mol. The lowest BCUT2D eigenvalue weighted by Crippen LogP contribution is -2.21. The van der Waals surface area contributed by atoms with E-state index < -0.39 is 0 Å². The van der Waals surface area contributed by atoms with Crippen LogP contribution in [0.1, 0.15) is 43.6 Å². The van der Waals surface area contributed by atoms with Crippen molar-refractivity contribution in [3.05, 3.63) is 29.0 Å². The molecular formula is C17H20N4OS3. The summed E-state index contributed by atoms with van der Waals surface area (Å²) in [5.74, 6) is 2.33. The molecule has 132 valence electrons. The molecule has 3 aromatic heterocycles. The van der Waals surface area contributed by atoms with Gasteiger partial charge in [0.2, 0.25) is 11.0 Å². The molecule has 3 heterocycles. The standard InChI is InChI=1S/C17H20N4OS3/c1-11-13(19-15(22-11)14-8-5-9-23-14)10-24-17-21-20-16(25-17)18-12-6-3-2-4-7-12/h5,8-9,12H,2-4,6-7,10H2,1H3,(H,18,20). The average Bonchev–Trinajstić information content (AvgIpc) is 3.35. The molecule has 1 aliphatic carbocycles. The molecule has 0 amide bonds. The highest BCUT2D eigenvalue weighted by Gasteiger charge is 2.16. The second-order valence-electron chi connectivity index (χ2n) is 6.14. The molecule has 0 saturated heterocycles. The minimum Gasteiger partial charge on any atom is -0.440 e. The van der Waals surface area contributed by atoms with Gasteiger partial charge in [0.05, 0.1) is 10.6 Å². The van der Waals surface area contributed by atoms with Gasteiger partial charge in [0.1, 0.15) is 5.76 Å². The first-order valence-electron chi connectivity index (χ1n) is 8.51. The molecule has 0 aromatic carbocycles. The summed E-state index contributed by atoms with van der Waals surface area (Å²) < 4.78 is 6.76. The molecule has 0 radical (unpaired) electrons. The zero-order valence-electron chi connectivity index (χ0n) is 14.0. The second-order valence-corrected chi connectivity index (χ2v) is 9.29. The van der Waals surface area contributed by atoms with Crippen LogP contribution >= 0.6 is 34.4 Å². The maximum atomic E-state index is 5.79. The minimum atomic E-state index is 0.561. The third-order valence-corrected chi connectivity index (χ3v) is 7.15. The van der Waals surface area contributed by atoms with E-state index in [1.165, 1.54) is 32.1 Å². The molecule has 0 atom stereocenters. The first-order chi connectivity index (χ1) is 12.3. The number of nitrogens with zero attached hydrogens (tertiary/aromatic N) is 3. The second kappa shape index (κ2) is 7.88. The van der Waals surface area contributed by atoms with E-state index in [2.05, 4.69) is 20.5 Å². The quantitative estimate of drug-likeness (QED) is 0.551. The van der Waals surface area contributed by atoms with Crippen molar-refractivity contribution in [3.63, 3.8) is 0 Å². The van der Waals surface area contributed by atoms with Crippen LogP contribution in [0.25, 0.3) is 10.8 Å². The number of thioether (sulfide) groups is 1. The van der Waals surface area contributed by atoms with Crippen LogP contribution in [-0.2, 0) is 5.75 Å². The first-order valence-corrected chi connectivity index (χ1v) is 11.2. The van der Waals surface area contributed by atoms with Gasteiger partial charge in [0.15, 0.2) is 4.34 Å². The maximum absolute atomic E-state index is 5.79. The average molecular weight is 393 g/mol. The number of anilines is 1. The summed E-state index contributed by atoms with van der Waals surface area (Å²) in [4.78, 5) is 5.70. The molecule has 5 nitrogen and oxygen atoms in total. The van der Waals surface area contributed by atoms with Crippen LogP contribution in [0.2, 0.25) is 0 Å². The minimum absolute atomic E-state index is 0.561. The monoisotopic (exact) mass is 392 g/mol. The van der Waals surface area contributed by atoms with E-state index in [1.54, 1.807) is 34.4 Å². The molecular weight excluding hydrogens is 372 g/mol. The Morgan fingerprint density at radius 1 is 1.28 bits per heavy atom. The van der Waals surface area contributed by atoms with E-state index in [-0.39, 0.29) is 0 Å². The molecule has 4 rings (SSSR count). The van der Waals surface area contributed by atoms with Crippen LogP contribution in [0.3, 0.4) is 0 Å². The van der Waals surface area contributed by atoms with Crippen molar-refractivity contribution in [2.45, 2.75) is 55.2 Å². The van der Waals surface area contributed by atoms with E-state index in [1.807, 2.05) is 24.4 Å². The Morgan fingerprint density at radius 2 is 2.16 bits per heavy atom. The van der Waals surface area contributed by atoms with Gasteiger partial charge in [-0.3, -0.25) is 0 Å². The Kier molecular flexibility index (Phi) is 5.38. The number of aromatic nitrogens is 3. The van der Waals surface area contributed by atoms with Crippen molar-refractivity contribution in [2.75, 3.05) is 5.32 Å². The summed E-state index contributed by atoms with van der Waals surface area (Å²) in [5.41, 5.74) is 0.977. The van der Waals surface area contributed by atoms with Crippen molar-refractivity contribution >= 4 is 39.6 Å². The molecule has 1 N–H and O–H groups in total. The number of rotatable bonds is 6. The van der Waals surface area contributed by atoms with Crippen molar-refractivity contribution in [3.8, 4) is 10.8 Å². The largest absolute Gasteiger partial charge is 0.440 e. The van der Waals surface area contributed by atoms with Crippen LogP contribution in [-0.4, -0.2) is 21.2 Å². The van der Waals surface area contributed by atoms with E-state index >= 15 is 0 Å². The lowest BCUT2D eigenvalue weighted by atomic mass is 9.96. The Bertz CT molecular complexity index is 806. The SMILES string of the molecule is Cc1oc(-c2cccs2)nc1CSc1nnc(NC2CCCCC2)s1. The molecule has 3 aromatic rings. The van der Waals surface area contributed by atoms with Crippen LogP contribution in [0.5, 0.6) is 0 Å². The van der Waals surface area contributed by atoms with Crippen LogP contribution in [0, 0.1) is 6.92 Å².